The van der Waals surface area contributed by atoms with E-state index in [4.69, 9.17) is 23.7 Å². The Kier molecular flexibility index (Phi) is 9.72. The minimum atomic E-state index is -0.308. The van der Waals surface area contributed by atoms with Gasteiger partial charge in [0.15, 0.2) is 23.0 Å². The summed E-state index contributed by atoms with van der Waals surface area (Å²) in [6.45, 7) is 1.73. The van der Waals surface area contributed by atoms with Crippen molar-refractivity contribution in [2.75, 3.05) is 41.4 Å². The van der Waals surface area contributed by atoms with E-state index in [1.807, 2.05) is 18.2 Å². The van der Waals surface area contributed by atoms with Crippen LogP contribution in [0.1, 0.15) is 56.6 Å². The third-order valence-corrected chi connectivity index (χ3v) is 11.0. The average molecular weight is 717 g/mol. The van der Waals surface area contributed by atoms with Crippen molar-refractivity contribution in [1.29, 1.82) is 0 Å². The van der Waals surface area contributed by atoms with Gasteiger partial charge in [0.25, 0.3) is 0 Å². The number of aliphatic hydroxyl groups excluding tert-OH is 1. The summed E-state index contributed by atoms with van der Waals surface area (Å²) in [5, 5.41) is 10.8. The van der Waals surface area contributed by atoms with Crippen LogP contribution in [0.4, 0.5) is 4.39 Å². The first-order valence-corrected chi connectivity index (χ1v) is 18.2. The molecule has 4 aliphatic heterocycles. The number of methoxy groups -OCH3 is 2. The van der Waals surface area contributed by atoms with Gasteiger partial charge in [0, 0.05) is 36.3 Å². The molecular formula is C44H45FN2O6. The lowest BCUT2D eigenvalue weighted by Crippen LogP contribution is -2.34. The smallest absolute Gasteiger partial charge is 0.204 e. The van der Waals surface area contributed by atoms with E-state index in [1.54, 1.807) is 26.4 Å². The number of aliphatic hydroxyl groups is 1. The number of hydrogen-bond donors (Lipinski definition) is 1. The van der Waals surface area contributed by atoms with Crippen molar-refractivity contribution >= 4 is 0 Å². The molecular weight excluding hydrogens is 671 g/mol. The lowest BCUT2D eigenvalue weighted by Gasteiger charge is -2.37. The van der Waals surface area contributed by atoms with E-state index in [2.05, 4.69) is 66.4 Å². The van der Waals surface area contributed by atoms with Crippen LogP contribution < -0.4 is 23.7 Å². The summed E-state index contributed by atoms with van der Waals surface area (Å²) in [4.78, 5) is 4.73. The zero-order chi connectivity index (χ0) is 36.6. The minimum absolute atomic E-state index is 0.0866. The Bertz CT molecular complexity index is 2120. The van der Waals surface area contributed by atoms with Gasteiger partial charge < -0.3 is 28.8 Å². The molecule has 1 N–H and O–H groups in total. The van der Waals surface area contributed by atoms with Gasteiger partial charge in [-0.25, -0.2) is 4.39 Å². The van der Waals surface area contributed by atoms with E-state index in [0.717, 1.165) is 60.4 Å². The highest BCUT2D eigenvalue weighted by atomic mass is 19.1. The molecule has 0 aliphatic carbocycles. The summed E-state index contributed by atoms with van der Waals surface area (Å²) in [6, 6.07) is 26.9. The summed E-state index contributed by atoms with van der Waals surface area (Å²) < 4.78 is 45.8. The summed E-state index contributed by atoms with van der Waals surface area (Å²) >= 11 is 0. The van der Waals surface area contributed by atoms with Crippen LogP contribution in [0.5, 0.6) is 40.2 Å². The quantitative estimate of drug-likeness (QED) is 0.188. The molecule has 5 aromatic carbocycles. The number of hydrogen-bond acceptors (Lipinski definition) is 8. The number of ether oxygens (including phenoxy) is 5. The number of nitrogens with zero attached hydrogens (tertiary/aromatic N) is 2. The molecule has 9 rings (SSSR count). The fourth-order valence-electron chi connectivity index (χ4n) is 8.01. The highest BCUT2D eigenvalue weighted by molar-refractivity contribution is 5.63. The van der Waals surface area contributed by atoms with Gasteiger partial charge >= 0.3 is 0 Å². The van der Waals surface area contributed by atoms with Crippen LogP contribution in [0, 0.1) is 5.82 Å². The molecule has 5 aromatic rings. The Morgan fingerprint density at radius 1 is 0.736 bits per heavy atom. The van der Waals surface area contributed by atoms with E-state index in [-0.39, 0.29) is 31.1 Å². The first-order valence-electron chi connectivity index (χ1n) is 18.2. The van der Waals surface area contributed by atoms with E-state index in [1.165, 1.54) is 28.8 Å². The number of halogens is 1. The third kappa shape index (κ3) is 6.92. The lowest BCUT2D eigenvalue weighted by molar-refractivity contribution is 0.216. The molecule has 274 valence electrons. The molecule has 0 fully saturated rings. The first kappa shape index (κ1) is 35.0. The summed E-state index contributed by atoms with van der Waals surface area (Å²) in [5.74, 6) is 3.87. The molecule has 0 unspecified atom stereocenters. The van der Waals surface area contributed by atoms with Crippen LogP contribution >= 0.6 is 0 Å². The average Bonchev–Trinajstić information content (AvgIpc) is 3.17. The van der Waals surface area contributed by atoms with Gasteiger partial charge in [0.1, 0.15) is 23.9 Å². The molecule has 4 aliphatic rings. The maximum absolute atomic E-state index is 13.8. The second kappa shape index (κ2) is 14.7. The van der Waals surface area contributed by atoms with Gasteiger partial charge in [-0.15, -0.1) is 0 Å². The Hall–Kier alpha value is -5.09. The molecule has 0 aromatic heterocycles. The van der Waals surface area contributed by atoms with Crippen molar-refractivity contribution in [2.45, 2.75) is 51.0 Å². The molecule has 53 heavy (non-hydrogen) atoms. The predicted octanol–water partition coefficient (Wildman–Crippen LogP) is 8.36. The largest absolute Gasteiger partial charge is 0.493 e. The topological polar surface area (TPSA) is 72.9 Å². The van der Waals surface area contributed by atoms with Gasteiger partial charge in [-0.3, -0.25) is 9.80 Å². The maximum atomic E-state index is 13.8. The summed E-state index contributed by atoms with van der Waals surface area (Å²) in [7, 11) is 7.59. The molecule has 0 saturated carbocycles. The van der Waals surface area contributed by atoms with Crippen molar-refractivity contribution in [2.24, 2.45) is 0 Å². The van der Waals surface area contributed by atoms with Crippen molar-refractivity contribution < 1.29 is 33.2 Å². The second-order valence-corrected chi connectivity index (χ2v) is 14.3. The molecule has 9 heteroatoms. The van der Waals surface area contributed by atoms with Gasteiger partial charge in [-0.05, 0) is 128 Å². The Balaban J connectivity index is 1.34. The normalized spacial score (nSPS) is 18.2. The fourth-order valence-corrected chi connectivity index (χ4v) is 8.01. The van der Waals surface area contributed by atoms with Crippen LogP contribution in [-0.4, -0.2) is 56.3 Å². The van der Waals surface area contributed by atoms with Crippen LogP contribution in [-0.2, 0) is 38.9 Å². The lowest BCUT2D eigenvalue weighted by atomic mass is 9.86. The van der Waals surface area contributed by atoms with Gasteiger partial charge in [0.2, 0.25) is 5.75 Å². The van der Waals surface area contributed by atoms with Crippen molar-refractivity contribution in [3.63, 3.8) is 0 Å². The number of fused-ring (bicyclic) bond motifs is 2. The molecule has 6 bridgehead atoms. The standard InChI is InChI=1S/C44H45FN2O6/c1-46-17-15-30-22-32(25-48)39-24-35(30)36(46)19-27-7-12-34(13-8-27)52-40-21-29(9-14-38(40)49-3)20-37-42-31(16-18-47(37)2)23-41(50-4)43(44(42)53-39)51-26-28-5-10-33(45)11-6-28/h5-14,21-24,36-37,48H,15-20,25-26H2,1-4H3/t36-,37-/m0/s1. The van der Waals surface area contributed by atoms with Crippen molar-refractivity contribution in [3.05, 3.63) is 135 Å². The predicted molar refractivity (Wildman–Crippen MR) is 201 cm³/mol. The van der Waals surface area contributed by atoms with Crippen molar-refractivity contribution in [1.82, 2.24) is 9.80 Å². The molecule has 0 saturated heterocycles. The molecule has 0 spiro atoms. The third-order valence-electron chi connectivity index (χ3n) is 11.0. The SMILES string of the molecule is COc1ccc2cc1Oc1ccc(cc1)C[C@H]1c3cc(c(CO)cc3CCN1C)Oc1c(OCc3ccc(F)cc3)c(OC)cc3c1[C@H](C2)N(C)CC3. The van der Waals surface area contributed by atoms with E-state index >= 15 is 0 Å². The fraction of sp³-hybridized carbons (Fsp3) is 0.318. The number of likely N-dealkylation sites (N-methyl/N-ethyl adjacent to an activating group) is 2. The maximum Gasteiger partial charge on any atom is 0.204 e. The second-order valence-electron chi connectivity index (χ2n) is 14.3. The molecule has 8 nitrogen and oxygen atoms in total. The van der Waals surface area contributed by atoms with Crippen molar-refractivity contribution in [3.8, 4) is 40.2 Å². The van der Waals surface area contributed by atoms with E-state index < -0.39 is 0 Å². The van der Waals surface area contributed by atoms with Gasteiger partial charge in [-0.2, -0.15) is 0 Å². The van der Waals surface area contributed by atoms with Crippen LogP contribution in [0.25, 0.3) is 0 Å². The van der Waals surface area contributed by atoms with Gasteiger partial charge in [0.05, 0.1) is 20.8 Å². The van der Waals surface area contributed by atoms with Crippen LogP contribution in [0.2, 0.25) is 0 Å². The molecule has 0 amide bonds. The number of rotatable bonds is 6. The highest BCUT2D eigenvalue weighted by Gasteiger charge is 2.35. The van der Waals surface area contributed by atoms with E-state index in [9.17, 15) is 9.50 Å². The zero-order valence-electron chi connectivity index (χ0n) is 30.7. The monoisotopic (exact) mass is 716 g/mol. The van der Waals surface area contributed by atoms with Crippen LogP contribution in [0.15, 0.2) is 84.9 Å². The Morgan fingerprint density at radius 2 is 1.43 bits per heavy atom. The molecule has 4 heterocycles. The first-order chi connectivity index (χ1) is 25.8. The summed E-state index contributed by atoms with van der Waals surface area (Å²) in [5.41, 5.74) is 8.25. The Morgan fingerprint density at radius 3 is 2.17 bits per heavy atom. The minimum Gasteiger partial charge on any atom is -0.493 e. The molecule has 0 radical (unpaired) electrons. The number of benzene rings is 5. The summed E-state index contributed by atoms with van der Waals surface area (Å²) in [6.07, 6.45) is 3.08. The molecule has 2 atom stereocenters. The highest BCUT2D eigenvalue weighted by Crippen LogP contribution is 2.51. The zero-order valence-corrected chi connectivity index (χ0v) is 30.7. The van der Waals surface area contributed by atoms with Gasteiger partial charge in [-0.1, -0.05) is 30.3 Å². The van der Waals surface area contributed by atoms with E-state index in [0.29, 0.717) is 46.5 Å². The van der Waals surface area contributed by atoms with Crippen LogP contribution in [0.3, 0.4) is 0 Å². The Labute approximate surface area is 310 Å².